The van der Waals surface area contributed by atoms with Gasteiger partial charge in [-0.15, -0.1) is 0 Å². The average molecular weight is 262 g/mol. The highest BCUT2D eigenvalue weighted by molar-refractivity contribution is 6.38. The van der Waals surface area contributed by atoms with Gasteiger partial charge in [-0.1, -0.05) is 23.2 Å². The lowest BCUT2D eigenvalue weighted by molar-refractivity contribution is -0.146. The van der Waals surface area contributed by atoms with Crippen LogP contribution in [0.2, 0.25) is 10.0 Å². The topological polar surface area (TPSA) is 42.2 Å². The Hall–Kier alpha value is -1.26. The first-order chi connectivity index (χ1) is 7.50. The fraction of sp³-hybridized carbons (Fsp3) is 0.100. The van der Waals surface area contributed by atoms with Crippen LogP contribution >= 0.6 is 23.2 Å². The fourth-order valence-electron chi connectivity index (χ4n) is 1.50. The standard InChI is InChI=1S/C10H6Cl2FNO2/c11-5-3-7(12)6-1-2-14(8(6)4-5)9(13)10(15)16/h1-4,9H,(H,15,16). The van der Waals surface area contributed by atoms with Crippen molar-refractivity contribution in [2.24, 2.45) is 0 Å². The summed E-state index contributed by atoms with van der Waals surface area (Å²) in [5, 5.41) is 9.84. The molecule has 0 aliphatic rings. The Morgan fingerprint density at radius 2 is 2.12 bits per heavy atom. The van der Waals surface area contributed by atoms with Gasteiger partial charge in [-0.3, -0.25) is 0 Å². The van der Waals surface area contributed by atoms with Gasteiger partial charge in [-0.2, -0.15) is 0 Å². The number of carboxylic acids is 1. The summed E-state index contributed by atoms with van der Waals surface area (Å²) in [7, 11) is 0. The minimum atomic E-state index is -2.15. The summed E-state index contributed by atoms with van der Waals surface area (Å²) in [5.41, 5.74) is 0.354. The highest BCUT2D eigenvalue weighted by atomic mass is 35.5. The van der Waals surface area contributed by atoms with E-state index in [9.17, 15) is 9.18 Å². The number of hydrogen-bond donors (Lipinski definition) is 1. The molecule has 0 spiro atoms. The summed E-state index contributed by atoms with van der Waals surface area (Å²) >= 11 is 11.7. The summed E-state index contributed by atoms with van der Waals surface area (Å²) in [6.45, 7) is 0. The van der Waals surface area contributed by atoms with Gasteiger partial charge in [0.2, 0.25) is 0 Å². The number of rotatable bonds is 2. The molecule has 0 saturated carbocycles. The van der Waals surface area contributed by atoms with Crippen molar-refractivity contribution < 1.29 is 14.3 Å². The first-order valence-corrected chi connectivity index (χ1v) is 5.09. The van der Waals surface area contributed by atoms with E-state index in [0.717, 1.165) is 4.57 Å². The maximum Gasteiger partial charge on any atom is 0.359 e. The normalized spacial score (nSPS) is 12.9. The Kier molecular flexibility index (Phi) is 2.78. The molecule has 1 aromatic heterocycles. The number of carbonyl (C=O) groups is 1. The van der Waals surface area contributed by atoms with Crippen LogP contribution in [0.15, 0.2) is 24.4 Å². The Morgan fingerprint density at radius 3 is 2.75 bits per heavy atom. The van der Waals surface area contributed by atoms with Gasteiger partial charge in [-0.05, 0) is 18.2 Å². The molecule has 16 heavy (non-hydrogen) atoms. The van der Waals surface area contributed by atoms with Crippen LogP contribution in [-0.2, 0) is 4.79 Å². The quantitative estimate of drug-likeness (QED) is 0.899. The molecule has 2 aromatic rings. The zero-order chi connectivity index (χ0) is 11.9. The first-order valence-electron chi connectivity index (χ1n) is 4.33. The molecule has 84 valence electrons. The SMILES string of the molecule is O=C(O)C(F)n1ccc2c(Cl)cc(Cl)cc21. The van der Waals surface area contributed by atoms with Gasteiger partial charge < -0.3 is 9.67 Å². The van der Waals surface area contributed by atoms with Crippen LogP contribution in [-0.4, -0.2) is 15.6 Å². The summed E-state index contributed by atoms with van der Waals surface area (Å²) in [6.07, 6.45) is -0.821. The van der Waals surface area contributed by atoms with Crippen molar-refractivity contribution >= 4 is 40.1 Å². The molecule has 0 bridgehead atoms. The van der Waals surface area contributed by atoms with Crippen molar-refractivity contribution in [1.29, 1.82) is 0 Å². The van der Waals surface area contributed by atoms with Crippen molar-refractivity contribution in [2.45, 2.75) is 6.30 Å². The van der Waals surface area contributed by atoms with Gasteiger partial charge >= 0.3 is 5.97 Å². The van der Waals surface area contributed by atoms with Gasteiger partial charge in [0.1, 0.15) is 0 Å². The number of aliphatic carboxylic acids is 1. The van der Waals surface area contributed by atoms with E-state index in [1.165, 1.54) is 18.3 Å². The number of benzene rings is 1. The third-order valence-electron chi connectivity index (χ3n) is 2.20. The molecule has 1 N–H and O–H groups in total. The second kappa shape index (κ2) is 3.96. The summed E-state index contributed by atoms with van der Waals surface area (Å²) in [6, 6.07) is 4.53. The van der Waals surface area contributed by atoms with E-state index in [-0.39, 0.29) is 0 Å². The first kappa shape index (κ1) is 11.2. The van der Waals surface area contributed by atoms with Crippen molar-refractivity contribution in [3.05, 3.63) is 34.4 Å². The molecule has 1 aromatic carbocycles. The van der Waals surface area contributed by atoms with Crippen molar-refractivity contribution in [1.82, 2.24) is 4.57 Å². The molecule has 0 amide bonds. The lowest BCUT2D eigenvalue weighted by Gasteiger charge is -2.07. The van der Waals surface area contributed by atoms with E-state index >= 15 is 0 Å². The van der Waals surface area contributed by atoms with Crippen LogP contribution < -0.4 is 0 Å². The van der Waals surface area contributed by atoms with E-state index in [1.807, 2.05) is 0 Å². The number of fused-ring (bicyclic) bond motifs is 1. The van der Waals surface area contributed by atoms with Gasteiger partial charge in [0, 0.05) is 16.6 Å². The number of aromatic nitrogens is 1. The molecular weight excluding hydrogens is 256 g/mol. The highest BCUT2D eigenvalue weighted by Crippen LogP contribution is 2.30. The van der Waals surface area contributed by atoms with E-state index < -0.39 is 12.3 Å². The van der Waals surface area contributed by atoms with Gasteiger partial charge in [0.15, 0.2) is 0 Å². The monoisotopic (exact) mass is 261 g/mol. The molecule has 0 radical (unpaired) electrons. The molecule has 0 aliphatic carbocycles. The van der Waals surface area contributed by atoms with E-state index in [4.69, 9.17) is 28.3 Å². The Labute approximate surface area is 100.0 Å². The predicted molar refractivity (Wildman–Crippen MR) is 59.7 cm³/mol. The lowest BCUT2D eigenvalue weighted by atomic mass is 10.2. The smallest absolute Gasteiger partial charge is 0.359 e. The van der Waals surface area contributed by atoms with Gasteiger partial charge in [0.05, 0.1) is 10.5 Å². The largest absolute Gasteiger partial charge is 0.478 e. The molecule has 0 aliphatic heterocycles. The average Bonchev–Trinajstić information content (AvgIpc) is 2.60. The van der Waals surface area contributed by atoms with E-state index in [2.05, 4.69) is 0 Å². The van der Waals surface area contributed by atoms with E-state index in [1.54, 1.807) is 6.07 Å². The molecular formula is C10H6Cl2FNO2. The minimum absolute atomic E-state index is 0.329. The number of halogens is 3. The predicted octanol–water partition coefficient (Wildman–Crippen LogP) is 3.50. The minimum Gasteiger partial charge on any atom is -0.478 e. The molecule has 3 nitrogen and oxygen atoms in total. The molecule has 6 heteroatoms. The van der Waals surface area contributed by atoms with Crippen molar-refractivity contribution in [2.75, 3.05) is 0 Å². The number of hydrogen-bond acceptors (Lipinski definition) is 1. The summed E-state index contributed by atoms with van der Waals surface area (Å²) < 4.78 is 14.3. The van der Waals surface area contributed by atoms with Crippen LogP contribution in [0.3, 0.4) is 0 Å². The van der Waals surface area contributed by atoms with Crippen LogP contribution in [0.25, 0.3) is 10.9 Å². The maximum absolute atomic E-state index is 13.4. The zero-order valence-corrected chi connectivity index (χ0v) is 9.34. The zero-order valence-electron chi connectivity index (χ0n) is 7.82. The third-order valence-corrected chi connectivity index (χ3v) is 2.73. The molecule has 0 saturated heterocycles. The van der Waals surface area contributed by atoms with Crippen LogP contribution in [0.1, 0.15) is 6.30 Å². The molecule has 1 unspecified atom stereocenters. The summed E-state index contributed by atoms with van der Waals surface area (Å²) in [5.74, 6) is -1.56. The van der Waals surface area contributed by atoms with E-state index in [0.29, 0.717) is 20.9 Å². The second-order valence-corrected chi connectivity index (χ2v) is 4.06. The second-order valence-electron chi connectivity index (χ2n) is 3.22. The third kappa shape index (κ3) is 1.74. The van der Waals surface area contributed by atoms with Crippen LogP contribution in [0, 0.1) is 0 Å². The number of carboxylic acid groups (broad SMARTS) is 1. The number of alkyl halides is 1. The van der Waals surface area contributed by atoms with Crippen molar-refractivity contribution in [3.63, 3.8) is 0 Å². The lowest BCUT2D eigenvalue weighted by Crippen LogP contribution is -2.12. The Morgan fingerprint density at radius 1 is 1.44 bits per heavy atom. The van der Waals surface area contributed by atoms with Gasteiger partial charge in [0.25, 0.3) is 6.30 Å². The van der Waals surface area contributed by atoms with Crippen molar-refractivity contribution in [3.8, 4) is 0 Å². The summed E-state index contributed by atoms with van der Waals surface area (Å²) in [4.78, 5) is 10.5. The Balaban J connectivity index is 2.69. The van der Waals surface area contributed by atoms with Crippen LogP contribution in [0.4, 0.5) is 4.39 Å². The molecule has 1 heterocycles. The number of nitrogens with zero attached hydrogens (tertiary/aromatic N) is 1. The maximum atomic E-state index is 13.4. The Bertz CT molecular complexity index is 567. The molecule has 0 fully saturated rings. The molecule has 2 rings (SSSR count). The fourth-order valence-corrected chi connectivity index (χ4v) is 2.05. The molecule has 1 atom stereocenters. The van der Waals surface area contributed by atoms with Crippen LogP contribution in [0.5, 0.6) is 0 Å². The van der Waals surface area contributed by atoms with Gasteiger partial charge in [-0.25, -0.2) is 9.18 Å². The highest BCUT2D eigenvalue weighted by Gasteiger charge is 2.20.